The lowest BCUT2D eigenvalue weighted by Gasteiger charge is -2.31. The summed E-state index contributed by atoms with van der Waals surface area (Å²) in [5.41, 5.74) is 11.2. The predicted molar refractivity (Wildman–Crippen MR) is 155 cm³/mol. The van der Waals surface area contributed by atoms with Gasteiger partial charge in [0, 0.05) is 0 Å². The molecule has 1 aromatic rings. The summed E-state index contributed by atoms with van der Waals surface area (Å²) < 4.78 is 0. The normalized spacial score (nSPS) is 20.9. The zero-order valence-corrected chi connectivity index (χ0v) is 23.7. The van der Waals surface area contributed by atoms with E-state index in [0.717, 1.165) is 24.7 Å². The van der Waals surface area contributed by atoms with Crippen LogP contribution in [-0.2, 0) is 19.3 Å². The van der Waals surface area contributed by atoms with Crippen molar-refractivity contribution in [3.05, 3.63) is 63.3 Å². The molecule has 34 heavy (non-hydrogen) atoms. The summed E-state index contributed by atoms with van der Waals surface area (Å²) in [5.74, 6) is 1.74. The van der Waals surface area contributed by atoms with Gasteiger partial charge < -0.3 is 0 Å². The van der Waals surface area contributed by atoms with Gasteiger partial charge in [0.2, 0.25) is 0 Å². The summed E-state index contributed by atoms with van der Waals surface area (Å²) in [7, 11) is 0. The third-order valence-corrected chi connectivity index (χ3v) is 7.95. The first-order valence-corrected chi connectivity index (χ1v) is 14.7. The molecule has 0 aliphatic heterocycles. The Balaban J connectivity index is 0.00000129. The Labute approximate surface area is 213 Å². The van der Waals surface area contributed by atoms with Crippen LogP contribution in [0.2, 0.25) is 0 Å². The third kappa shape index (κ3) is 8.28. The highest BCUT2D eigenvalue weighted by Crippen LogP contribution is 2.39. The number of hydrogen-bond donors (Lipinski definition) is 0. The summed E-state index contributed by atoms with van der Waals surface area (Å²) in [6, 6.07) is 4.84. The molecule has 0 unspecified atom stereocenters. The molecule has 2 aliphatic carbocycles. The molecule has 0 amide bonds. The Morgan fingerprint density at radius 2 is 1.53 bits per heavy atom. The molecule has 1 saturated carbocycles. The van der Waals surface area contributed by atoms with Crippen LogP contribution in [0.4, 0.5) is 0 Å². The highest BCUT2D eigenvalue weighted by atomic mass is 14.3. The Kier molecular flexibility index (Phi) is 13.0. The molecule has 0 N–H and O–H groups in total. The lowest BCUT2D eigenvalue weighted by Crippen LogP contribution is -2.16. The van der Waals surface area contributed by atoms with Crippen LogP contribution in [0.25, 0.3) is 6.08 Å². The van der Waals surface area contributed by atoms with Crippen LogP contribution in [0.5, 0.6) is 0 Å². The van der Waals surface area contributed by atoms with Gasteiger partial charge in [-0.15, -0.1) is 0 Å². The van der Waals surface area contributed by atoms with Gasteiger partial charge in [-0.2, -0.15) is 0 Å². The Bertz CT molecular complexity index is 824. The fourth-order valence-electron chi connectivity index (χ4n) is 5.80. The van der Waals surface area contributed by atoms with Crippen molar-refractivity contribution in [1.82, 2.24) is 0 Å². The Morgan fingerprint density at radius 3 is 2.06 bits per heavy atom. The van der Waals surface area contributed by atoms with E-state index in [2.05, 4.69) is 78.8 Å². The monoisotopic (exact) mass is 462 g/mol. The van der Waals surface area contributed by atoms with Crippen LogP contribution in [0.3, 0.4) is 0 Å². The van der Waals surface area contributed by atoms with Gasteiger partial charge in [0.15, 0.2) is 0 Å². The van der Waals surface area contributed by atoms with E-state index in [1.165, 1.54) is 76.2 Å². The van der Waals surface area contributed by atoms with E-state index in [1.54, 1.807) is 33.4 Å². The average molecular weight is 463 g/mol. The van der Waals surface area contributed by atoms with E-state index in [9.17, 15) is 0 Å². The standard InChI is InChI=1S/C31H46.C3H8/c1-6-10-28-20-19-26(8-3)31(30(28)9-4)22-29(21-25-13-11-23(5)12-14-25)27-17-15-24(7-2)16-18-27;1-3-2/h11,13,19-20,22,24,27H,6-10,12,14-18,21H2,1-5H3;3H2,1-2H3/b29-22+;. The van der Waals surface area contributed by atoms with Gasteiger partial charge in [-0.25, -0.2) is 0 Å². The number of hydrogen-bond acceptors (Lipinski definition) is 0. The molecule has 0 heterocycles. The summed E-state index contributed by atoms with van der Waals surface area (Å²) >= 11 is 0. The first-order chi connectivity index (χ1) is 16.5. The molecule has 0 heteroatoms. The van der Waals surface area contributed by atoms with E-state index in [0.29, 0.717) is 0 Å². The van der Waals surface area contributed by atoms with Crippen molar-refractivity contribution < 1.29 is 0 Å². The van der Waals surface area contributed by atoms with Gasteiger partial charge in [-0.05, 0) is 105 Å². The first kappa shape index (κ1) is 28.7. The van der Waals surface area contributed by atoms with Crippen molar-refractivity contribution in [3.8, 4) is 0 Å². The van der Waals surface area contributed by atoms with E-state index >= 15 is 0 Å². The minimum atomic E-state index is 0.778. The van der Waals surface area contributed by atoms with Crippen molar-refractivity contribution >= 4 is 6.08 Å². The third-order valence-electron chi connectivity index (χ3n) is 7.95. The van der Waals surface area contributed by atoms with Crippen molar-refractivity contribution in [1.29, 1.82) is 0 Å². The van der Waals surface area contributed by atoms with Gasteiger partial charge in [-0.3, -0.25) is 0 Å². The SMILES string of the molecule is CCC.CCCc1ccc(CC)c(/C=C(\CC2=CC=C(C)CC2)C2CCC(CC)CC2)c1CC. The van der Waals surface area contributed by atoms with Crippen LogP contribution < -0.4 is 0 Å². The van der Waals surface area contributed by atoms with E-state index < -0.39 is 0 Å². The maximum atomic E-state index is 2.68. The molecule has 0 nitrogen and oxygen atoms in total. The van der Waals surface area contributed by atoms with Gasteiger partial charge >= 0.3 is 0 Å². The molecule has 0 radical (unpaired) electrons. The number of aryl methyl sites for hydroxylation is 2. The topological polar surface area (TPSA) is 0 Å². The van der Waals surface area contributed by atoms with Crippen LogP contribution in [-0.4, -0.2) is 0 Å². The van der Waals surface area contributed by atoms with E-state index in [1.807, 2.05) is 0 Å². The molecule has 0 aromatic heterocycles. The smallest absolute Gasteiger partial charge is 0.00991 e. The lowest BCUT2D eigenvalue weighted by molar-refractivity contribution is 0.293. The van der Waals surface area contributed by atoms with Crippen molar-refractivity contribution in [2.45, 2.75) is 132 Å². The molecule has 0 spiro atoms. The summed E-state index contributed by atoms with van der Waals surface area (Å²) in [5, 5.41) is 0. The van der Waals surface area contributed by atoms with Gasteiger partial charge in [0.1, 0.15) is 0 Å². The summed E-state index contributed by atoms with van der Waals surface area (Å²) in [6.07, 6.45) is 24.1. The fraction of sp³-hybridized carbons (Fsp3) is 0.647. The van der Waals surface area contributed by atoms with Crippen LogP contribution >= 0.6 is 0 Å². The number of rotatable bonds is 9. The van der Waals surface area contributed by atoms with Crippen LogP contribution in [0.15, 0.2) is 41.0 Å². The molecular weight excluding hydrogens is 408 g/mol. The van der Waals surface area contributed by atoms with E-state index in [-0.39, 0.29) is 0 Å². The second-order valence-electron chi connectivity index (χ2n) is 10.8. The molecule has 0 bridgehead atoms. The second kappa shape index (κ2) is 15.4. The first-order valence-electron chi connectivity index (χ1n) is 14.7. The minimum absolute atomic E-state index is 0.778. The quantitative estimate of drug-likeness (QED) is 0.342. The summed E-state index contributed by atoms with van der Waals surface area (Å²) in [6.45, 7) is 15.9. The second-order valence-corrected chi connectivity index (χ2v) is 10.8. The lowest BCUT2D eigenvalue weighted by atomic mass is 9.74. The molecule has 1 aromatic carbocycles. The molecule has 3 rings (SSSR count). The van der Waals surface area contributed by atoms with Crippen LogP contribution in [0.1, 0.15) is 135 Å². The molecule has 2 aliphatic rings. The van der Waals surface area contributed by atoms with Crippen LogP contribution in [0, 0.1) is 11.8 Å². The van der Waals surface area contributed by atoms with Crippen molar-refractivity contribution in [3.63, 3.8) is 0 Å². The highest BCUT2D eigenvalue weighted by molar-refractivity contribution is 5.63. The maximum Gasteiger partial charge on any atom is -0.00991 e. The van der Waals surface area contributed by atoms with Gasteiger partial charge in [0.25, 0.3) is 0 Å². The zero-order valence-electron chi connectivity index (χ0n) is 23.7. The minimum Gasteiger partial charge on any atom is -0.0730 e. The molecule has 1 fully saturated rings. The Morgan fingerprint density at radius 1 is 0.853 bits per heavy atom. The fourth-order valence-corrected chi connectivity index (χ4v) is 5.80. The van der Waals surface area contributed by atoms with Gasteiger partial charge in [0.05, 0.1) is 0 Å². The summed E-state index contributed by atoms with van der Waals surface area (Å²) in [4.78, 5) is 0. The highest BCUT2D eigenvalue weighted by Gasteiger charge is 2.24. The number of benzene rings is 1. The predicted octanol–water partition coefficient (Wildman–Crippen LogP) is 10.8. The maximum absolute atomic E-state index is 2.68. The molecule has 0 atom stereocenters. The van der Waals surface area contributed by atoms with E-state index in [4.69, 9.17) is 0 Å². The number of allylic oxidation sites excluding steroid dienone is 5. The average Bonchev–Trinajstić information content (AvgIpc) is 2.86. The van der Waals surface area contributed by atoms with Gasteiger partial charge in [-0.1, -0.05) is 108 Å². The molecular formula is C34H54. The zero-order chi connectivity index (χ0) is 24.9. The Hall–Kier alpha value is -1.56. The molecule has 0 saturated heterocycles. The molecule has 190 valence electrons. The largest absolute Gasteiger partial charge is 0.0730 e. The van der Waals surface area contributed by atoms with Crippen molar-refractivity contribution in [2.75, 3.05) is 0 Å². The van der Waals surface area contributed by atoms with Crippen molar-refractivity contribution in [2.24, 2.45) is 11.8 Å².